The van der Waals surface area contributed by atoms with E-state index >= 15 is 0 Å². The molecular weight excluding hydrogens is 306 g/mol. The summed E-state index contributed by atoms with van der Waals surface area (Å²) in [7, 11) is 0. The van der Waals surface area contributed by atoms with Crippen molar-refractivity contribution in [1.29, 1.82) is 0 Å². The molecule has 0 aromatic carbocycles. The highest BCUT2D eigenvalue weighted by atomic mass is 16.6. The Morgan fingerprint density at radius 1 is 0.875 bits per heavy atom. The van der Waals surface area contributed by atoms with Crippen LogP contribution in [0.5, 0.6) is 0 Å². The Hall–Kier alpha value is -1.10. The maximum absolute atomic E-state index is 10.5. The second-order valence-corrected chi connectivity index (χ2v) is 7.79. The van der Waals surface area contributed by atoms with Gasteiger partial charge in [-0.3, -0.25) is 9.59 Å². The van der Waals surface area contributed by atoms with Gasteiger partial charge in [-0.15, -0.1) is 0 Å². The van der Waals surface area contributed by atoms with Crippen LogP contribution in [0.15, 0.2) is 0 Å². The van der Waals surface area contributed by atoms with Crippen LogP contribution in [0.3, 0.4) is 0 Å². The molecule has 0 aliphatic heterocycles. The van der Waals surface area contributed by atoms with Gasteiger partial charge in [0.2, 0.25) is 5.91 Å². The third kappa shape index (κ3) is 25.8. The van der Waals surface area contributed by atoms with E-state index in [1.165, 1.54) is 13.8 Å². The Kier molecular flexibility index (Phi) is 14.2. The lowest BCUT2D eigenvalue weighted by atomic mass is 10.0. The molecule has 0 radical (unpaired) electrons. The Labute approximate surface area is 149 Å². The molecule has 0 saturated carbocycles. The van der Waals surface area contributed by atoms with Crippen LogP contribution in [0.1, 0.15) is 95.4 Å². The van der Waals surface area contributed by atoms with E-state index in [1.807, 2.05) is 41.5 Å². The van der Waals surface area contributed by atoms with Crippen molar-refractivity contribution in [2.75, 3.05) is 0 Å². The summed E-state index contributed by atoms with van der Waals surface area (Å²) in [5.74, 6) is -0.163. The van der Waals surface area contributed by atoms with E-state index in [2.05, 4.69) is 12.2 Å². The highest BCUT2D eigenvalue weighted by Gasteiger charge is 2.17. The summed E-state index contributed by atoms with van der Waals surface area (Å²) in [6.45, 7) is 20.4. The molecular formula is C19H41NO4. The molecule has 5 heteroatoms. The molecule has 0 unspecified atom stereocenters. The monoisotopic (exact) mass is 347 g/mol. The Balaban J connectivity index is -0.000000282. The number of rotatable bonds is 5. The first-order valence-electron chi connectivity index (χ1n) is 8.72. The van der Waals surface area contributed by atoms with Crippen molar-refractivity contribution in [2.45, 2.75) is 112 Å². The zero-order valence-electron chi connectivity index (χ0n) is 17.8. The van der Waals surface area contributed by atoms with Crippen molar-refractivity contribution in [3.8, 4) is 0 Å². The molecule has 0 aliphatic rings. The molecule has 0 fully saturated rings. The quantitative estimate of drug-likeness (QED) is 0.730. The summed E-state index contributed by atoms with van der Waals surface area (Å²) in [5.41, 5.74) is -0.780. The fourth-order valence-corrected chi connectivity index (χ4v) is 1.03. The van der Waals surface area contributed by atoms with E-state index in [0.717, 1.165) is 19.3 Å². The molecule has 0 aromatic heterocycles. The Bertz CT molecular complexity index is 327. The van der Waals surface area contributed by atoms with E-state index < -0.39 is 5.60 Å². The number of amides is 1. The molecule has 5 nitrogen and oxygen atoms in total. The van der Waals surface area contributed by atoms with Crippen LogP contribution in [0, 0.1) is 0 Å². The number of aliphatic hydroxyl groups is 1. The van der Waals surface area contributed by atoms with E-state index in [-0.39, 0.29) is 23.0 Å². The van der Waals surface area contributed by atoms with Crippen molar-refractivity contribution < 1.29 is 19.4 Å². The fraction of sp³-hybridized carbons (Fsp3) is 0.895. The van der Waals surface area contributed by atoms with E-state index in [0.29, 0.717) is 0 Å². The zero-order valence-corrected chi connectivity index (χ0v) is 17.8. The molecule has 0 saturated heterocycles. The molecule has 0 aromatic rings. The minimum atomic E-state index is -0.458. The average Bonchev–Trinajstić information content (AvgIpc) is 2.36. The number of nitrogens with one attached hydrogen (secondary N) is 1. The first-order chi connectivity index (χ1) is 10.5. The maximum Gasteiger partial charge on any atom is 0.303 e. The van der Waals surface area contributed by atoms with Gasteiger partial charge < -0.3 is 15.2 Å². The van der Waals surface area contributed by atoms with Crippen molar-refractivity contribution in [3.05, 3.63) is 0 Å². The van der Waals surface area contributed by atoms with Crippen LogP contribution in [-0.4, -0.2) is 33.7 Å². The van der Waals surface area contributed by atoms with Gasteiger partial charge >= 0.3 is 5.97 Å². The summed E-state index contributed by atoms with van der Waals surface area (Å²) in [6.07, 6.45) is 2.64. The van der Waals surface area contributed by atoms with E-state index in [9.17, 15) is 9.59 Å². The first kappa shape index (κ1) is 27.7. The van der Waals surface area contributed by atoms with Gasteiger partial charge in [-0.05, 0) is 60.8 Å². The van der Waals surface area contributed by atoms with Crippen LogP contribution in [0.2, 0.25) is 0 Å². The SMILES string of the molecule is CCC(C)(C)NC(C)=O.CCC(C)(C)O.CCC(C)(C)OC(C)=O. The van der Waals surface area contributed by atoms with Crippen LogP contribution >= 0.6 is 0 Å². The van der Waals surface area contributed by atoms with Gasteiger partial charge in [0.05, 0.1) is 5.60 Å². The topological polar surface area (TPSA) is 75.6 Å². The van der Waals surface area contributed by atoms with Crippen molar-refractivity contribution in [2.24, 2.45) is 0 Å². The van der Waals surface area contributed by atoms with Gasteiger partial charge in [0.25, 0.3) is 0 Å². The zero-order chi connectivity index (χ0) is 20.2. The number of carbonyl (C=O) groups excluding carboxylic acids is 2. The van der Waals surface area contributed by atoms with Gasteiger partial charge in [-0.2, -0.15) is 0 Å². The lowest BCUT2D eigenvalue weighted by molar-refractivity contribution is -0.153. The molecule has 24 heavy (non-hydrogen) atoms. The summed E-state index contributed by atoms with van der Waals surface area (Å²) < 4.78 is 4.95. The van der Waals surface area contributed by atoms with Crippen LogP contribution in [-0.2, 0) is 14.3 Å². The average molecular weight is 348 g/mol. The highest BCUT2D eigenvalue weighted by Crippen LogP contribution is 2.12. The minimum Gasteiger partial charge on any atom is -0.460 e. The molecule has 1 amide bonds. The lowest BCUT2D eigenvalue weighted by Gasteiger charge is -2.23. The van der Waals surface area contributed by atoms with Crippen LogP contribution < -0.4 is 5.32 Å². The fourth-order valence-electron chi connectivity index (χ4n) is 1.03. The van der Waals surface area contributed by atoms with Crippen molar-refractivity contribution in [1.82, 2.24) is 5.32 Å². The minimum absolute atomic E-state index is 0.0359. The number of esters is 1. The van der Waals surface area contributed by atoms with Crippen LogP contribution in [0.4, 0.5) is 0 Å². The van der Waals surface area contributed by atoms with Crippen molar-refractivity contribution >= 4 is 11.9 Å². The predicted octanol–water partition coefficient (Wildman–Crippen LogP) is 4.22. The first-order valence-corrected chi connectivity index (χ1v) is 8.72. The van der Waals surface area contributed by atoms with Gasteiger partial charge in [0.1, 0.15) is 5.60 Å². The van der Waals surface area contributed by atoms with Gasteiger partial charge in [0.15, 0.2) is 0 Å². The normalized spacial score (nSPS) is 11.3. The van der Waals surface area contributed by atoms with E-state index in [4.69, 9.17) is 9.84 Å². The van der Waals surface area contributed by atoms with Gasteiger partial charge in [0, 0.05) is 19.4 Å². The van der Waals surface area contributed by atoms with Crippen LogP contribution in [0.25, 0.3) is 0 Å². The lowest BCUT2D eigenvalue weighted by Crippen LogP contribution is -2.41. The third-order valence-electron chi connectivity index (χ3n) is 3.53. The Morgan fingerprint density at radius 2 is 1.25 bits per heavy atom. The second-order valence-electron chi connectivity index (χ2n) is 7.79. The number of hydrogen-bond acceptors (Lipinski definition) is 4. The Morgan fingerprint density at radius 3 is 1.33 bits per heavy atom. The van der Waals surface area contributed by atoms with Gasteiger partial charge in [-0.1, -0.05) is 20.8 Å². The number of hydrogen-bond donors (Lipinski definition) is 2. The van der Waals surface area contributed by atoms with E-state index in [1.54, 1.807) is 13.8 Å². The molecule has 2 N–H and O–H groups in total. The summed E-state index contributed by atoms with van der Waals surface area (Å²) >= 11 is 0. The summed E-state index contributed by atoms with van der Waals surface area (Å²) in [6, 6.07) is 0. The number of carbonyl (C=O) groups is 2. The molecule has 0 heterocycles. The third-order valence-corrected chi connectivity index (χ3v) is 3.53. The predicted molar refractivity (Wildman–Crippen MR) is 101 cm³/mol. The molecule has 0 atom stereocenters. The highest BCUT2D eigenvalue weighted by molar-refractivity contribution is 5.73. The summed E-state index contributed by atoms with van der Waals surface area (Å²) in [5, 5.41) is 11.7. The van der Waals surface area contributed by atoms with Crippen molar-refractivity contribution in [3.63, 3.8) is 0 Å². The maximum atomic E-state index is 10.5. The molecule has 0 rings (SSSR count). The summed E-state index contributed by atoms with van der Waals surface area (Å²) in [4.78, 5) is 20.9. The van der Waals surface area contributed by atoms with Gasteiger partial charge in [-0.25, -0.2) is 0 Å². The molecule has 0 bridgehead atoms. The molecule has 0 aliphatic carbocycles. The largest absolute Gasteiger partial charge is 0.460 e. The second kappa shape index (κ2) is 12.3. The number of ether oxygens (including phenoxy) is 1. The molecule has 146 valence electrons. The smallest absolute Gasteiger partial charge is 0.303 e. The standard InChI is InChI=1S/C7H15NO.C7H14O2.C5H12O/c1-5-7(3,4)8-6(2)9;1-5-7(3,4)9-6(2)8;1-4-5(2,3)6/h5H2,1-4H3,(H,8,9);5H2,1-4H3;6H,4H2,1-3H3. The molecule has 0 spiro atoms.